The van der Waals surface area contributed by atoms with Gasteiger partial charge in [0.25, 0.3) is 0 Å². The van der Waals surface area contributed by atoms with Crippen LogP contribution in [0.1, 0.15) is 17.0 Å². The third-order valence-corrected chi connectivity index (χ3v) is 5.72. The molecule has 0 spiro atoms. The fraction of sp³-hybridized carbons (Fsp3) is 0.400. The molecule has 2 amide bonds. The lowest BCUT2D eigenvalue weighted by molar-refractivity contribution is -0.146. The van der Waals surface area contributed by atoms with Crippen molar-refractivity contribution in [1.82, 2.24) is 15.1 Å². The van der Waals surface area contributed by atoms with Gasteiger partial charge < -0.3 is 29.7 Å². The van der Waals surface area contributed by atoms with E-state index in [4.69, 9.17) is 9.47 Å². The molecule has 0 heterocycles. The first-order valence-electron chi connectivity index (χ1n) is 11.1. The van der Waals surface area contributed by atoms with Crippen molar-refractivity contribution in [2.45, 2.75) is 12.0 Å². The maximum atomic E-state index is 13.0. The van der Waals surface area contributed by atoms with Gasteiger partial charge in [-0.25, -0.2) is 4.79 Å². The summed E-state index contributed by atoms with van der Waals surface area (Å²) in [7, 11) is 5.05. The Morgan fingerprint density at radius 2 is 1.59 bits per heavy atom. The smallest absolute Gasteiger partial charge is 0.407 e. The average molecular weight is 470 g/mol. The van der Waals surface area contributed by atoms with E-state index in [0.717, 1.165) is 22.3 Å². The summed E-state index contributed by atoms with van der Waals surface area (Å²) in [5.74, 6) is -1.79. The van der Waals surface area contributed by atoms with Crippen LogP contribution in [0.3, 0.4) is 0 Å². The van der Waals surface area contributed by atoms with E-state index in [9.17, 15) is 19.5 Å². The van der Waals surface area contributed by atoms with Crippen LogP contribution in [0.5, 0.6) is 0 Å². The number of carboxylic acids is 1. The van der Waals surface area contributed by atoms with Crippen molar-refractivity contribution in [1.29, 1.82) is 0 Å². The molecule has 0 saturated heterocycles. The number of hydrogen-bond acceptors (Lipinski definition) is 6. The zero-order valence-electron chi connectivity index (χ0n) is 19.7. The molecule has 3 rings (SSSR count). The molecule has 2 N–H and O–H groups in total. The lowest BCUT2D eigenvalue weighted by Gasteiger charge is -2.27. The largest absolute Gasteiger partial charge is 0.480 e. The van der Waals surface area contributed by atoms with Crippen LogP contribution in [0.4, 0.5) is 4.79 Å². The minimum absolute atomic E-state index is 0.104. The van der Waals surface area contributed by atoms with E-state index in [1.165, 1.54) is 12.0 Å². The van der Waals surface area contributed by atoms with Gasteiger partial charge in [-0.3, -0.25) is 9.59 Å². The zero-order chi connectivity index (χ0) is 24.7. The van der Waals surface area contributed by atoms with Gasteiger partial charge in [0.1, 0.15) is 19.2 Å². The molecule has 0 bridgehead atoms. The van der Waals surface area contributed by atoms with E-state index in [2.05, 4.69) is 5.32 Å². The van der Waals surface area contributed by atoms with Gasteiger partial charge in [-0.15, -0.1) is 0 Å². The normalized spacial score (nSPS) is 13.2. The molecule has 0 aromatic heterocycles. The summed E-state index contributed by atoms with van der Waals surface area (Å²) in [5.41, 5.74) is 4.39. The van der Waals surface area contributed by atoms with Crippen molar-refractivity contribution in [3.63, 3.8) is 0 Å². The van der Waals surface area contributed by atoms with Crippen LogP contribution < -0.4 is 5.32 Å². The Hall–Kier alpha value is -3.43. The van der Waals surface area contributed by atoms with Crippen LogP contribution in [0.2, 0.25) is 0 Å². The second-order valence-corrected chi connectivity index (χ2v) is 8.43. The van der Waals surface area contributed by atoms with Crippen molar-refractivity contribution in [2.75, 3.05) is 54.1 Å². The molecule has 0 saturated carbocycles. The van der Waals surface area contributed by atoms with Crippen molar-refractivity contribution in [3.05, 3.63) is 59.7 Å². The van der Waals surface area contributed by atoms with E-state index >= 15 is 0 Å². The minimum atomic E-state index is -1.13. The van der Waals surface area contributed by atoms with Crippen LogP contribution in [-0.2, 0) is 19.1 Å². The summed E-state index contributed by atoms with van der Waals surface area (Å²) in [6.45, 7) is 0.196. The molecule has 34 heavy (non-hydrogen) atoms. The molecule has 2 aromatic carbocycles. The van der Waals surface area contributed by atoms with Crippen LogP contribution in [0.15, 0.2) is 48.5 Å². The first-order chi connectivity index (χ1) is 16.3. The molecule has 1 aliphatic rings. The number of alkyl carbamates (subject to hydrolysis) is 1. The summed E-state index contributed by atoms with van der Waals surface area (Å²) in [6.07, 6.45) is -0.764. The maximum absolute atomic E-state index is 13.0. The highest BCUT2D eigenvalue weighted by atomic mass is 16.5. The van der Waals surface area contributed by atoms with Crippen molar-refractivity contribution in [2.24, 2.45) is 0 Å². The molecule has 0 radical (unpaired) electrons. The van der Waals surface area contributed by atoms with E-state index in [1.807, 2.05) is 67.5 Å². The molecular weight excluding hydrogens is 438 g/mol. The Kier molecular flexibility index (Phi) is 8.61. The highest BCUT2D eigenvalue weighted by Crippen LogP contribution is 2.44. The number of amides is 2. The number of rotatable bonds is 11. The number of carbonyl (C=O) groups excluding carboxylic acids is 2. The Bertz CT molecular complexity index is 980. The number of nitrogens with one attached hydrogen (secondary N) is 1. The number of nitrogens with zero attached hydrogens (tertiary/aromatic N) is 2. The Balaban J connectivity index is 1.67. The van der Waals surface area contributed by atoms with E-state index in [1.54, 1.807) is 0 Å². The SMILES string of the molecule is COCC(NC(=O)OCC1c2ccccc2-c2ccccc21)C(=O)N(CCN(C)C)CC(=O)O. The fourth-order valence-corrected chi connectivity index (χ4v) is 4.10. The van der Waals surface area contributed by atoms with Crippen molar-refractivity contribution in [3.8, 4) is 11.1 Å². The monoisotopic (exact) mass is 469 g/mol. The molecule has 182 valence electrons. The Morgan fingerprint density at radius 3 is 2.12 bits per heavy atom. The number of likely N-dealkylation sites (N-methyl/N-ethyl adjacent to an activating group) is 1. The third-order valence-electron chi connectivity index (χ3n) is 5.72. The number of hydrogen-bond donors (Lipinski definition) is 2. The molecule has 9 nitrogen and oxygen atoms in total. The van der Waals surface area contributed by atoms with Crippen molar-refractivity contribution < 1.29 is 29.0 Å². The predicted octanol–water partition coefficient (Wildman–Crippen LogP) is 2.01. The standard InChI is InChI=1S/C25H31N3O6/c1-27(2)12-13-28(14-23(29)30)24(31)22(16-33-3)26-25(32)34-15-21-19-10-6-4-8-17(19)18-9-5-7-11-20(18)21/h4-11,21-22H,12-16H2,1-3H3,(H,26,32)(H,29,30). The topological polar surface area (TPSA) is 108 Å². The highest BCUT2D eigenvalue weighted by Gasteiger charge is 2.31. The molecule has 1 unspecified atom stereocenters. The Labute approximate surface area is 199 Å². The number of aliphatic carboxylic acids is 1. The first kappa shape index (κ1) is 25.2. The number of methoxy groups -OCH3 is 1. The van der Waals surface area contributed by atoms with Gasteiger partial charge >= 0.3 is 12.1 Å². The van der Waals surface area contributed by atoms with Gasteiger partial charge in [-0.2, -0.15) is 0 Å². The number of benzene rings is 2. The van der Waals surface area contributed by atoms with Crippen molar-refractivity contribution >= 4 is 18.0 Å². The molecule has 0 aliphatic heterocycles. The van der Waals surface area contributed by atoms with Gasteiger partial charge in [0.15, 0.2) is 0 Å². The lowest BCUT2D eigenvalue weighted by Crippen LogP contribution is -2.53. The van der Waals surface area contributed by atoms with Gasteiger partial charge in [0.2, 0.25) is 5.91 Å². The highest BCUT2D eigenvalue weighted by molar-refractivity contribution is 5.88. The van der Waals surface area contributed by atoms with Crippen LogP contribution in [-0.4, -0.2) is 93.0 Å². The number of carboxylic acid groups (broad SMARTS) is 1. The second-order valence-electron chi connectivity index (χ2n) is 8.43. The van der Waals surface area contributed by atoms with Crippen LogP contribution >= 0.6 is 0 Å². The lowest BCUT2D eigenvalue weighted by atomic mass is 9.98. The molecule has 2 aromatic rings. The maximum Gasteiger partial charge on any atom is 0.407 e. The van der Waals surface area contributed by atoms with Crippen LogP contribution in [0, 0.1) is 0 Å². The molecule has 1 aliphatic carbocycles. The average Bonchev–Trinajstić information content (AvgIpc) is 3.13. The van der Waals surface area contributed by atoms with Gasteiger partial charge in [0.05, 0.1) is 6.61 Å². The summed E-state index contributed by atoms with van der Waals surface area (Å²) in [4.78, 5) is 39.9. The Morgan fingerprint density at radius 1 is 1.00 bits per heavy atom. The quantitative estimate of drug-likeness (QED) is 0.518. The van der Waals surface area contributed by atoms with Crippen LogP contribution in [0.25, 0.3) is 11.1 Å². The van der Waals surface area contributed by atoms with E-state index in [0.29, 0.717) is 6.54 Å². The number of fused-ring (bicyclic) bond motifs is 3. The minimum Gasteiger partial charge on any atom is -0.480 e. The zero-order valence-corrected chi connectivity index (χ0v) is 19.7. The predicted molar refractivity (Wildman–Crippen MR) is 127 cm³/mol. The fourth-order valence-electron chi connectivity index (χ4n) is 4.10. The summed E-state index contributed by atoms with van der Waals surface area (Å²) < 4.78 is 10.6. The van der Waals surface area contributed by atoms with Gasteiger partial charge in [0, 0.05) is 26.1 Å². The summed E-state index contributed by atoms with van der Waals surface area (Å²) in [5, 5.41) is 11.8. The molecular formula is C25H31N3O6. The molecule has 9 heteroatoms. The summed E-state index contributed by atoms with van der Waals surface area (Å²) in [6, 6.07) is 14.9. The second kappa shape index (κ2) is 11.6. The summed E-state index contributed by atoms with van der Waals surface area (Å²) >= 11 is 0. The number of ether oxygens (including phenoxy) is 2. The van der Waals surface area contributed by atoms with E-state index in [-0.39, 0.29) is 25.7 Å². The first-order valence-corrected chi connectivity index (χ1v) is 11.1. The van der Waals surface area contributed by atoms with Gasteiger partial charge in [-0.05, 0) is 36.3 Å². The number of carbonyl (C=O) groups is 3. The molecule has 0 fully saturated rings. The van der Waals surface area contributed by atoms with Gasteiger partial charge in [-0.1, -0.05) is 48.5 Å². The molecule has 1 atom stereocenters. The third kappa shape index (κ3) is 6.12. The van der Waals surface area contributed by atoms with E-state index < -0.39 is 30.6 Å².